The first-order valence-electron chi connectivity index (χ1n) is 9.34. The molecule has 0 bridgehead atoms. The SMILES string of the molecule is CCCc1nc(C)c2c(=O)n(Cc3c(F)cccc3F)c3ccc(OC)nc3n12. The predicted octanol–water partition coefficient (Wildman–Crippen LogP) is 3.64. The highest BCUT2D eigenvalue weighted by Gasteiger charge is 2.21. The van der Waals surface area contributed by atoms with E-state index in [1.54, 1.807) is 23.5 Å². The summed E-state index contributed by atoms with van der Waals surface area (Å²) in [5, 5.41) is 0. The lowest BCUT2D eigenvalue weighted by molar-refractivity contribution is 0.399. The van der Waals surface area contributed by atoms with Crippen LogP contribution in [0.15, 0.2) is 35.1 Å². The van der Waals surface area contributed by atoms with Crippen molar-refractivity contribution in [2.45, 2.75) is 33.2 Å². The summed E-state index contributed by atoms with van der Waals surface area (Å²) in [7, 11) is 1.50. The van der Waals surface area contributed by atoms with E-state index in [0.717, 1.165) is 6.42 Å². The van der Waals surface area contributed by atoms with E-state index in [9.17, 15) is 13.6 Å². The van der Waals surface area contributed by atoms with Gasteiger partial charge in [-0.05, 0) is 31.5 Å². The van der Waals surface area contributed by atoms with Crippen molar-refractivity contribution in [2.24, 2.45) is 0 Å². The largest absolute Gasteiger partial charge is 0.481 e. The minimum Gasteiger partial charge on any atom is -0.481 e. The van der Waals surface area contributed by atoms with Gasteiger partial charge >= 0.3 is 0 Å². The second-order valence-corrected chi connectivity index (χ2v) is 6.84. The predicted molar refractivity (Wildman–Crippen MR) is 105 cm³/mol. The Kier molecular flexibility index (Phi) is 4.77. The summed E-state index contributed by atoms with van der Waals surface area (Å²) < 4.78 is 36.9. The molecule has 0 saturated carbocycles. The first-order valence-corrected chi connectivity index (χ1v) is 9.34. The Bertz CT molecular complexity index is 1270. The molecule has 0 unspecified atom stereocenters. The van der Waals surface area contributed by atoms with Gasteiger partial charge in [0.15, 0.2) is 5.65 Å². The third-order valence-corrected chi connectivity index (χ3v) is 4.96. The average molecular weight is 398 g/mol. The molecule has 0 N–H and O–H groups in total. The second-order valence-electron chi connectivity index (χ2n) is 6.84. The first-order chi connectivity index (χ1) is 14.0. The lowest BCUT2D eigenvalue weighted by Crippen LogP contribution is -2.25. The van der Waals surface area contributed by atoms with E-state index in [1.165, 1.54) is 29.9 Å². The maximum Gasteiger partial charge on any atom is 0.277 e. The van der Waals surface area contributed by atoms with Crippen molar-refractivity contribution in [3.63, 3.8) is 0 Å². The van der Waals surface area contributed by atoms with Gasteiger partial charge in [-0.2, -0.15) is 4.98 Å². The van der Waals surface area contributed by atoms with E-state index in [0.29, 0.717) is 40.5 Å². The molecular formula is C21H20F2N4O2. The zero-order valence-electron chi connectivity index (χ0n) is 16.4. The Morgan fingerprint density at radius 1 is 1.10 bits per heavy atom. The fourth-order valence-corrected chi connectivity index (χ4v) is 3.61. The van der Waals surface area contributed by atoms with Gasteiger partial charge in [-0.25, -0.2) is 13.8 Å². The number of pyridine rings is 1. The summed E-state index contributed by atoms with van der Waals surface area (Å²) in [5.41, 5.74) is 1.24. The highest BCUT2D eigenvalue weighted by Crippen LogP contribution is 2.23. The van der Waals surface area contributed by atoms with Crippen LogP contribution in [0.1, 0.15) is 30.4 Å². The summed E-state index contributed by atoms with van der Waals surface area (Å²) in [5.74, 6) is -0.325. The normalized spacial score (nSPS) is 11.5. The molecule has 8 heteroatoms. The number of halogens is 2. The quantitative estimate of drug-likeness (QED) is 0.515. The maximum atomic E-state index is 14.3. The molecule has 0 spiro atoms. The Labute approximate surface area is 165 Å². The van der Waals surface area contributed by atoms with Gasteiger partial charge in [-0.1, -0.05) is 13.0 Å². The number of fused-ring (bicyclic) bond motifs is 3. The average Bonchev–Trinajstić information content (AvgIpc) is 3.03. The van der Waals surface area contributed by atoms with Crippen LogP contribution in [0.2, 0.25) is 0 Å². The van der Waals surface area contributed by atoms with Crippen molar-refractivity contribution in [3.8, 4) is 5.88 Å². The van der Waals surface area contributed by atoms with Gasteiger partial charge in [-0.3, -0.25) is 13.8 Å². The molecule has 3 heterocycles. The molecule has 1 aromatic carbocycles. The lowest BCUT2D eigenvalue weighted by atomic mass is 10.2. The number of aromatic nitrogens is 4. The highest BCUT2D eigenvalue weighted by molar-refractivity contribution is 5.77. The van der Waals surface area contributed by atoms with E-state index in [-0.39, 0.29) is 17.7 Å². The number of nitrogens with zero attached hydrogens (tertiary/aromatic N) is 4. The van der Waals surface area contributed by atoms with Crippen LogP contribution < -0.4 is 10.3 Å². The van der Waals surface area contributed by atoms with Gasteiger partial charge in [0.1, 0.15) is 23.0 Å². The fourth-order valence-electron chi connectivity index (χ4n) is 3.61. The monoisotopic (exact) mass is 398 g/mol. The lowest BCUT2D eigenvalue weighted by Gasteiger charge is -2.14. The zero-order valence-corrected chi connectivity index (χ0v) is 16.4. The molecule has 0 aliphatic rings. The van der Waals surface area contributed by atoms with Crippen LogP contribution in [-0.4, -0.2) is 26.0 Å². The van der Waals surface area contributed by atoms with Crippen molar-refractivity contribution in [3.05, 3.63) is 69.4 Å². The Balaban J connectivity index is 2.10. The van der Waals surface area contributed by atoms with Crippen LogP contribution in [0.3, 0.4) is 0 Å². The summed E-state index contributed by atoms with van der Waals surface area (Å²) in [6.45, 7) is 3.51. The van der Waals surface area contributed by atoms with Crippen molar-refractivity contribution < 1.29 is 13.5 Å². The zero-order chi connectivity index (χ0) is 20.7. The highest BCUT2D eigenvalue weighted by atomic mass is 19.1. The third kappa shape index (κ3) is 3.04. The number of benzene rings is 1. The van der Waals surface area contributed by atoms with Crippen LogP contribution in [0.5, 0.6) is 5.88 Å². The number of hydrogen-bond donors (Lipinski definition) is 0. The molecule has 0 aliphatic heterocycles. The summed E-state index contributed by atoms with van der Waals surface area (Å²) in [4.78, 5) is 22.4. The van der Waals surface area contributed by atoms with Crippen LogP contribution in [0.25, 0.3) is 16.7 Å². The van der Waals surface area contributed by atoms with Crippen LogP contribution in [0.4, 0.5) is 8.78 Å². The number of rotatable bonds is 5. The van der Waals surface area contributed by atoms with Crippen LogP contribution >= 0.6 is 0 Å². The molecule has 0 fully saturated rings. The summed E-state index contributed by atoms with van der Waals surface area (Å²) in [6.07, 6.45) is 1.50. The molecule has 150 valence electrons. The minimum absolute atomic E-state index is 0.179. The number of ether oxygens (including phenoxy) is 1. The van der Waals surface area contributed by atoms with E-state index in [1.807, 2.05) is 6.92 Å². The molecule has 4 aromatic rings. The smallest absolute Gasteiger partial charge is 0.277 e. The molecule has 0 radical (unpaired) electrons. The van der Waals surface area contributed by atoms with Crippen molar-refractivity contribution in [1.29, 1.82) is 0 Å². The second kappa shape index (κ2) is 7.27. The molecule has 0 saturated heterocycles. The number of aryl methyl sites for hydroxylation is 2. The van der Waals surface area contributed by atoms with Crippen molar-refractivity contribution >= 4 is 16.7 Å². The number of hydrogen-bond acceptors (Lipinski definition) is 4. The van der Waals surface area contributed by atoms with Crippen molar-refractivity contribution in [1.82, 2.24) is 18.9 Å². The number of methoxy groups -OCH3 is 1. The first kappa shape index (κ1) is 19.0. The van der Waals surface area contributed by atoms with E-state index >= 15 is 0 Å². The Morgan fingerprint density at radius 3 is 2.48 bits per heavy atom. The van der Waals surface area contributed by atoms with Crippen LogP contribution in [0, 0.1) is 18.6 Å². The summed E-state index contributed by atoms with van der Waals surface area (Å²) in [6, 6.07) is 6.93. The number of imidazole rings is 1. The van der Waals surface area contributed by atoms with Gasteiger partial charge in [0.05, 0.1) is 24.9 Å². The van der Waals surface area contributed by atoms with Gasteiger partial charge in [-0.15, -0.1) is 0 Å². The maximum absolute atomic E-state index is 14.3. The molecular weight excluding hydrogens is 378 g/mol. The topological polar surface area (TPSA) is 61.4 Å². The Hall–Kier alpha value is -3.29. The molecule has 4 rings (SSSR count). The molecule has 3 aromatic heterocycles. The molecule has 0 amide bonds. The Morgan fingerprint density at radius 2 is 1.83 bits per heavy atom. The summed E-state index contributed by atoms with van der Waals surface area (Å²) >= 11 is 0. The minimum atomic E-state index is -0.705. The third-order valence-electron chi connectivity index (χ3n) is 4.96. The van der Waals surface area contributed by atoms with E-state index in [2.05, 4.69) is 9.97 Å². The van der Waals surface area contributed by atoms with Gasteiger partial charge in [0.25, 0.3) is 5.56 Å². The van der Waals surface area contributed by atoms with Gasteiger partial charge < -0.3 is 4.74 Å². The molecule has 0 atom stereocenters. The van der Waals surface area contributed by atoms with Gasteiger partial charge in [0, 0.05) is 18.1 Å². The molecule has 0 aliphatic carbocycles. The van der Waals surface area contributed by atoms with Crippen molar-refractivity contribution in [2.75, 3.05) is 7.11 Å². The van der Waals surface area contributed by atoms with E-state index < -0.39 is 11.6 Å². The van der Waals surface area contributed by atoms with E-state index in [4.69, 9.17) is 4.74 Å². The fraction of sp³-hybridized carbons (Fsp3) is 0.286. The molecule has 29 heavy (non-hydrogen) atoms. The standard InChI is InChI=1S/C21H20F2N4O2/c1-4-6-17-24-12(2)19-21(28)26(11-13-14(22)7-5-8-15(13)23)16-9-10-18(29-3)25-20(16)27(17)19/h5,7-10H,4,6,11H2,1-3H3. The van der Waals surface area contributed by atoms with Gasteiger partial charge in [0.2, 0.25) is 5.88 Å². The molecule has 6 nitrogen and oxygen atoms in total. The van der Waals surface area contributed by atoms with Crippen LogP contribution in [-0.2, 0) is 13.0 Å².